The quantitative estimate of drug-likeness (QED) is 0.489. The number of furan rings is 1. The largest absolute Gasteiger partial charge is 0.461 e. The fourth-order valence-electron chi connectivity index (χ4n) is 1.60. The summed E-state index contributed by atoms with van der Waals surface area (Å²) in [6.45, 7) is 0. The summed E-state index contributed by atoms with van der Waals surface area (Å²) in [6, 6.07) is 6.72. The lowest BCUT2D eigenvalue weighted by atomic mass is 10.0. The van der Waals surface area contributed by atoms with Crippen LogP contribution in [0, 0.1) is 0 Å². The Morgan fingerprint density at radius 2 is 2.16 bits per heavy atom. The Balaban J connectivity index is 2.42. The molecule has 0 aliphatic rings. The molecule has 0 saturated heterocycles. The second-order valence-electron chi connectivity index (χ2n) is 4.18. The summed E-state index contributed by atoms with van der Waals surface area (Å²) in [5.74, 6) is 0.103. The van der Waals surface area contributed by atoms with Gasteiger partial charge in [0.2, 0.25) is 5.78 Å². The first-order valence-electron chi connectivity index (χ1n) is 5.66. The highest BCUT2D eigenvalue weighted by Crippen LogP contribution is 2.21. The normalized spacial score (nSPS) is 11.4. The highest BCUT2D eigenvalue weighted by atomic mass is 35.5. The topological polar surface area (TPSA) is 46.3 Å². The Hall–Kier alpha value is -2.07. The number of pyridine rings is 1. The minimum absolute atomic E-state index is 0.192. The smallest absolute Gasteiger partial charge is 0.230 e. The molecule has 2 heterocycles. The maximum absolute atomic E-state index is 12.4. The third kappa shape index (κ3) is 3.23. The lowest BCUT2D eigenvalue weighted by Crippen LogP contribution is -2.09. The van der Waals surface area contributed by atoms with Crippen molar-refractivity contribution in [3.8, 4) is 0 Å². The van der Waals surface area contributed by atoms with Crippen molar-refractivity contribution in [2.75, 3.05) is 14.1 Å². The van der Waals surface area contributed by atoms with E-state index in [1.807, 2.05) is 14.1 Å². The molecule has 0 unspecified atom stereocenters. The number of halogens is 1. The molecule has 98 valence electrons. The van der Waals surface area contributed by atoms with Crippen molar-refractivity contribution in [1.82, 2.24) is 9.88 Å². The molecule has 5 heteroatoms. The van der Waals surface area contributed by atoms with Crippen LogP contribution < -0.4 is 0 Å². The van der Waals surface area contributed by atoms with Crippen molar-refractivity contribution in [2.45, 2.75) is 0 Å². The van der Waals surface area contributed by atoms with Crippen LogP contribution in [0.15, 0.2) is 47.3 Å². The van der Waals surface area contributed by atoms with E-state index in [-0.39, 0.29) is 5.78 Å². The maximum atomic E-state index is 12.4. The summed E-state index contributed by atoms with van der Waals surface area (Å²) >= 11 is 5.76. The van der Waals surface area contributed by atoms with Crippen LogP contribution in [0.1, 0.15) is 16.1 Å². The lowest BCUT2D eigenvalue weighted by molar-refractivity contribution is 0.103. The molecule has 2 rings (SSSR count). The zero-order valence-corrected chi connectivity index (χ0v) is 11.4. The second kappa shape index (κ2) is 5.71. The summed E-state index contributed by atoms with van der Waals surface area (Å²) in [5, 5.41) is 0.387. The zero-order chi connectivity index (χ0) is 13.8. The molecule has 0 aromatic carbocycles. The number of aromatic nitrogens is 1. The van der Waals surface area contributed by atoms with Gasteiger partial charge in [0, 0.05) is 32.1 Å². The summed E-state index contributed by atoms with van der Waals surface area (Å²) in [6.07, 6.45) is 4.77. The molecule has 0 bridgehead atoms. The van der Waals surface area contributed by atoms with Crippen LogP contribution in [0.3, 0.4) is 0 Å². The molecule has 0 amide bonds. The minimum atomic E-state index is -0.192. The summed E-state index contributed by atoms with van der Waals surface area (Å²) in [7, 11) is 3.69. The van der Waals surface area contributed by atoms with E-state index in [1.165, 1.54) is 6.26 Å². The number of hydrogen-bond acceptors (Lipinski definition) is 4. The van der Waals surface area contributed by atoms with Gasteiger partial charge in [-0.1, -0.05) is 11.6 Å². The van der Waals surface area contributed by atoms with Gasteiger partial charge in [0.25, 0.3) is 0 Å². The first-order valence-corrected chi connectivity index (χ1v) is 6.04. The number of carbonyl (C=O) groups excluding carboxylic acids is 1. The molecule has 2 aromatic heterocycles. The highest BCUT2D eigenvalue weighted by Gasteiger charge is 2.17. The Morgan fingerprint density at radius 3 is 2.68 bits per heavy atom. The average molecular weight is 277 g/mol. The minimum Gasteiger partial charge on any atom is -0.461 e. The number of Topliss-reactive ketones (excluding diaryl/α,β-unsaturated/α-hetero) is 1. The Morgan fingerprint density at radius 1 is 1.37 bits per heavy atom. The van der Waals surface area contributed by atoms with Crippen LogP contribution >= 0.6 is 11.6 Å². The van der Waals surface area contributed by atoms with E-state index in [2.05, 4.69) is 4.98 Å². The van der Waals surface area contributed by atoms with E-state index < -0.39 is 0 Å². The van der Waals surface area contributed by atoms with Crippen LogP contribution in [0.2, 0.25) is 5.15 Å². The van der Waals surface area contributed by atoms with Crippen molar-refractivity contribution in [2.24, 2.45) is 0 Å². The third-order valence-corrected chi connectivity index (χ3v) is 2.64. The monoisotopic (exact) mass is 276 g/mol. The molecule has 0 fully saturated rings. The van der Waals surface area contributed by atoms with Gasteiger partial charge in [-0.3, -0.25) is 4.79 Å². The van der Waals surface area contributed by atoms with Crippen molar-refractivity contribution < 1.29 is 9.21 Å². The van der Waals surface area contributed by atoms with Crippen molar-refractivity contribution >= 4 is 23.0 Å². The van der Waals surface area contributed by atoms with Gasteiger partial charge < -0.3 is 9.32 Å². The van der Waals surface area contributed by atoms with Crippen LogP contribution in [0.4, 0.5) is 0 Å². The van der Waals surface area contributed by atoms with Crippen LogP contribution in [0.5, 0.6) is 0 Å². The Labute approximate surface area is 116 Å². The predicted octanol–water partition coefficient (Wildman–Crippen LogP) is 3.11. The fraction of sp³-hybridized carbons (Fsp3) is 0.143. The van der Waals surface area contributed by atoms with Gasteiger partial charge in [0.15, 0.2) is 5.76 Å². The standard InChI is InChI=1S/C14H13ClN2O2/c1-17(2)9-11(10-5-6-13(15)16-8-10)14(18)12-4-3-7-19-12/h3-9H,1-2H3/b11-9-. The van der Waals surface area contributed by atoms with Gasteiger partial charge in [0.05, 0.1) is 11.8 Å². The van der Waals surface area contributed by atoms with Crippen LogP contribution in [-0.4, -0.2) is 29.8 Å². The van der Waals surface area contributed by atoms with Gasteiger partial charge in [-0.25, -0.2) is 4.98 Å². The van der Waals surface area contributed by atoms with Gasteiger partial charge >= 0.3 is 0 Å². The van der Waals surface area contributed by atoms with Gasteiger partial charge in [-0.15, -0.1) is 0 Å². The maximum Gasteiger partial charge on any atom is 0.230 e. The Bertz CT molecular complexity index is 586. The number of carbonyl (C=O) groups is 1. The van der Waals surface area contributed by atoms with Crippen molar-refractivity contribution in [3.05, 3.63) is 59.4 Å². The van der Waals surface area contributed by atoms with E-state index in [0.29, 0.717) is 22.0 Å². The molecule has 2 aromatic rings. The first-order chi connectivity index (χ1) is 9.08. The van der Waals surface area contributed by atoms with E-state index in [0.717, 1.165) is 0 Å². The zero-order valence-electron chi connectivity index (χ0n) is 10.6. The molecule has 0 radical (unpaired) electrons. The van der Waals surface area contributed by atoms with E-state index in [4.69, 9.17) is 16.0 Å². The SMILES string of the molecule is CN(C)/C=C(\C(=O)c1ccco1)c1ccc(Cl)nc1. The van der Waals surface area contributed by atoms with Crippen molar-refractivity contribution in [3.63, 3.8) is 0 Å². The summed E-state index contributed by atoms with van der Waals surface area (Å²) in [5.41, 5.74) is 1.20. The molecule has 0 N–H and O–H groups in total. The molecule has 19 heavy (non-hydrogen) atoms. The molecule has 0 atom stereocenters. The molecular formula is C14H13ClN2O2. The molecule has 0 aliphatic carbocycles. The average Bonchev–Trinajstić information content (AvgIpc) is 2.90. The highest BCUT2D eigenvalue weighted by molar-refractivity contribution is 6.30. The molecule has 4 nitrogen and oxygen atoms in total. The summed E-state index contributed by atoms with van der Waals surface area (Å²) < 4.78 is 5.15. The number of ketones is 1. The van der Waals surface area contributed by atoms with Gasteiger partial charge in [-0.05, 0) is 24.3 Å². The van der Waals surface area contributed by atoms with Crippen molar-refractivity contribution in [1.29, 1.82) is 0 Å². The Kier molecular flexibility index (Phi) is 4.02. The number of rotatable bonds is 4. The van der Waals surface area contributed by atoms with Crippen LogP contribution in [0.25, 0.3) is 5.57 Å². The molecule has 0 aliphatic heterocycles. The first kappa shape index (κ1) is 13.4. The van der Waals surface area contributed by atoms with Gasteiger partial charge in [0.1, 0.15) is 5.15 Å². The fourth-order valence-corrected chi connectivity index (χ4v) is 1.71. The lowest BCUT2D eigenvalue weighted by Gasteiger charge is -2.10. The second-order valence-corrected chi connectivity index (χ2v) is 4.57. The van der Waals surface area contributed by atoms with E-state index >= 15 is 0 Å². The van der Waals surface area contributed by atoms with E-state index in [9.17, 15) is 4.79 Å². The van der Waals surface area contributed by atoms with E-state index in [1.54, 1.807) is 41.6 Å². The number of allylic oxidation sites excluding steroid dienone is 1. The molecule has 0 spiro atoms. The molecular weight excluding hydrogens is 264 g/mol. The van der Waals surface area contributed by atoms with Crippen LogP contribution in [-0.2, 0) is 0 Å². The van der Waals surface area contributed by atoms with Gasteiger partial charge in [-0.2, -0.15) is 0 Å². The number of nitrogens with zero attached hydrogens (tertiary/aromatic N) is 2. The summed E-state index contributed by atoms with van der Waals surface area (Å²) in [4.78, 5) is 18.2. The third-order valence-electron chi connectivity index (χ3n) is 2.42. The number of hydrogen-bond donors (Lipinski definition) is 0. The molecule has 0 saturated carbocycles. The predicted molar refractivity (Wildman–Crippen MR) is 73.9 cm³/mol.